The van der Waals surface area contributed by atoms with E-state index in [9.17, 15) is 14.4 Å². The maximum absolute atomic E-state index is 12.2. The highest BCUT2D eigenvalue weighted by molar-refractivity contribution is 7.14. The zero-order valence-electron chi connectivity index (χ0n) is 14.4. The molecule has 0 saturated carbocycles. The number of benzene rings is 1. The lowest BCUT2D eigenvalue weighted by Crippen LogP contribution is -2.41. The topological polar surface area (TPSA) is 88.4 Å². The quantitative estimate of drug-likeness (QED) is 0.531. The largest absolute Gasteiger partial charge is 0.451 e. The van der Waals surface area contributed by atoms with Crippen LogP contribution in [0.1, 0.15) is 43.5 Å². The number of hydrazine groups is 1. The number of thiophene rings is 1. The van der Waals surface area contributed by atoms with Crippen molar-refractivity contribution < 1.29 is 18.8 Å². The maximum atomic E-state index is 12.2. The predicted molar refractivity (Wildman–Crippen MR) is 99.2 cm³/mol. The molecule has 0 fully saturated rings. The van der Waals surface area contributed by atoms with Crippen molar-refractivity contribution in [1.29, 1.82) is 0 Å². The number of para-hydroxylation sites is 1. The molecule has 2 amide bonds. The van der Waals surface area contributed by atoms with Crippen LogP contribution in [0, 0.1) is 13.8 Å². The molecule has 2 heterocycles. The number of Topliss-reactive ketones (excluding diaryl/α,β-unsaturated/α-hetero) is 1. The number of furan rings is 1. The minimum absolute atomic E-state index is 0.00479. The van der Waals surface area contributed by atoms with Crippen LogP contribution in [0.25, 0.3) is 11.0 Å². The molecular formula is C19H18N2O4S. The van der Waals surface area contributed by atoms with Gasteiger partial charge in [-0.05, 0) is 32.0 Å². The Kier molecular flexibility index (Phi) is 5.18. The van der Waals surface area contributed by atoms with Gasteiger partial charge in [0.15, 0.2) is 11.5 Å². The highest BCUT2D eigenvalue weighted by atomic mass is 32.1. The van der Waals surface area contributed by atoms with E-state index >= 15 is 0 Å². The molecule has 0 spiro atoms. The van der Waals surface area contributed by atoms with Gasteiger partial charge in [-0.1, -0.05) is 18.2 Å². The van der Waals surface area contributed by atoms with Gasteiger partial charge in [0.25, 0.3) is 0 Å². The van der Waals surface area contributed by atoms with E-state index in [1.165, 1.54) is 11.3 Å². The molecule has 0 aliphatic carbocycles. The average molecular weight is 370 g/mol. The van der Waals surface area contributed by atoms with Gasteiger partial charge in [-0.15, -0.1) is 11.3 Å². The fourth-order valence-corrected chi connectivity index (χ4v) is 3.41. The molecule has 0 unspecified atom stereocenters. The lowest BCUT2D eigenvalue weighted by molar-refractivity contribution is -0.121. The fourth-order valence-electron chi connectivity index (χ4n) is 2.57. The van der Waals surface area contributed by atoms with E-state index in [-0.39, 0.29) is 24.4 Å². The highest BCUT2D eigenvalue weighted by Gasteiger charge is 2.18. The van der Waals surface area contributed by atoms with Gasteiger partial charge in [0.2, 0.25) is 5.91 Å². The molecule has 0 radical (unpaired) electrons. The zero-order valence-corrected chi connectivity index (χ0v) is 15.2. The summed E-state index contributed by atoms with van der Waals surface area (Å²) in [5.41, 5.74) is 5.96. The van der Waals surface area contributed by atoms with Gasteiger partial charge in [-0.2, -0.15) is 0 Å². The monoisotopic (exact) mass is 370 g/mol. The van der Waals surface area contributed by atoms with Crippen molar-refractivity contribution in [3.63, 3.8) is 0 Å². The van der Waals surface area contributed by atoms with Crippen molar-refractivity contribution in [2.24, 2.45) is 0 Å². The van der Waals surface area contributed by atoms with Crippen LogP contribution in [0.2, 0.25) is 0 Å². The fraction of sp³-hybridized carbons (Fsp3) is 0.211. The van der Waals surface area contributed by atoms with Crippen molar-refractivity contribution in [1.82, 2.24) is 10.9 Å². The number of nitrogens with one attached hydrogen (secondary N) is 2. The molecule has 0 saturated heterocycles. The van der Waals surface area contributed by atoms with Gasteiger partial charge in [-0.25, -0.2) is 0 Å². The Morgan fingerprint density at radius 2 is 1.77 bits per heavy atom. The van der Waals surface area contributed by atoms with Gasteiger partial charge in [-0.3, -0.25) is 25.2 Å². The van der Waals surface area contributed by atoms with Crippen molar-refractivity contribution in [3.05, 3.63) is 57.5 Å². The molecule has 0 aliphatic heterocycles. The van der Waals surface area contributed by atoms with E-state index in [0.717, 1.165) is 10.3 Å². The van der Waals surface area contributed by atoms with Crippen LogP contribution >= 0.6 is 11.3 Å². The van der Waals surface area contributed by atoms with Gasteiger partial charge < -0.3 is 4.42 Å². The van der Waals surface area contributed by atoms with Crippen molar-refractivity contribution >= 4 is 39.9 Å². The first-order valence-corrected chi connectivity index (χ1v) is 8.94. The Bertz CT molecular complexity index is 987. The SMILES string of the molecule is Cc1ccc(C(=O)CCC(=O)NNC(=O)c2oc3ccccc3c2C)s1. The van der Waals surface area contributed by atoms with Crippen LogP contribution in [0.3, 0.4) is 0 Å². The number of rotatable bonds is 5. The Hall–Kier alpha value is -2.93. The second-order valence-electron chi connectivity index (χ2n) is 5.89. The molecule has 6 nitrogen and oxygen atoms in total. The lowest BCUT2D eigenvalue weighted by Gasteiger charge is -2.06. The standard InChI is InChI=1S/C19H18N2O4S/c1-11-7-9-16(26-11)14(22)8-10-17(23)20-21-19(24)18-12(2)13-5-3-4-6-15(13)25-18/h3-7,9H,8,10H2,1-2H3,(H,20,23)(H,21,24). The number of carbonyl (C=O) groups is 3. The first kappa shape index (κ1) is 17.9. The van der Waals surface area contributed by atoms with E-state index < -0.39 is 11.8 Å². The van der Waals surface area contributed by atoms with Crippen LogP contribution in [-0.2, 0) is 4.79 Å². The van der Waals surface area contributed by atoms with E-state index in [0.29, 0.717) is 16.0 Å². The Balaban J connectivity index is 1.53. The summed E-state index contributed by atoms with van der Waals surface area (Å²) in [6, 6.07) is 10.9. The molecule has 3 aromatic rings. The van der Waals surface area contributed by atoms with Crippen LogP contribution < -0.4 is 10.9 Å². The average Bonchev–Trinajstić information content (AvgIpc) is 3.22. The summed E-state index contributed by atoms with van der Waals surface area (Å²) < 4.78 is 5.54. The zero-order chi connectivity index (χ0) is 18.7. The third-order valence-corrected chi connectivity index (χ3v) is 5.00. The maximum Gasteiger partial charge on any atom is 0.305 e. The number of carbonyl (C=O) groups excluding carboxylic acids is 3. The Morgan fingerprint density at radius 3 is 2.46 bits per heavy atom. The molecule has 3 rings (SSSR count). The summed E-state index contributed by atoms with van der Waals surface area (Å²) >= 11 is 1.40. The number of hydrogen-bond donors (Lipinski definition) is 2. The third kappa shape index (κ3) is 3.83. The van der Waals surface area contributed by atoms with Crippen LogP contribution in [0.4, 0.5) is 0 Å². The number of fused-ring (bicyclic) bond motifs is 1. The van der Waals surface area contributed by atoms with E-state index in [2.05, 4.69) is 10.9 Å². The smallest absolute Gasteiger partial charge is 0.305 e. The van der Waals surface area contributed by atoms with Crippen LogP contribution in [0.15, 0.2) is 40.8 Å². The molecule has 26 heavy (non-hydrogen) atoms. The summed E-state index contributed by atoms with van der Waals surface area (Å²) in [5, 5.41) is 0.848. The lowest BCUT2D eigenvalue weighted by atomic mass is 10.1. The molecule has 0 atom stereocenters. The first-order chi connectivity index (χ1) is 12.5. The Labute approximate surface area is 154 Å². The predicted octanol–water partition coefficient (Wildman–Crippen LogP) is 3.54. The molecular weight excluding hydrogens is 352 g/mol. The number of aryl methyl sites for hydroxylation is 2. The second-order valence-corrected chi connectivity index (χ2v) is 7.18. The van der Waals surface area contributed by atoms with Gasteiger partial charge in [0.05, 0.1) is 4.88 Å². The minimum atomic E-state index is -0.535. The summed E-state index contributed by atoms with van der Waals surface area (Å²) in [6.45, 7) is 3.70. The van der Waals surface area contributed by atoms with E-state index in [4.69, 9.17) is 4.42 Å². The van der Waals surface area contributed by atoms with Crippen molar-refractivity contribution in [3.8, 4) is 0 Å². The molecule has 0 bridgehead atoms. The summed E-state index contributed by atoms with van der Waals surface area (Å²) in [4.78, 5) is 37.8. The van der Waals surface area contributed by atoms with Crippen molar-refractivity contribution in [2.45, 2.75) is 26.7 Å². The van der Waals surface area contributed by atoms with Gasteiger partial charge in [0.1, 0.15) is 5.58 Å². The number of hydrogen-bond acceptors (Lipinski definition) is 5. The number of amides is 2. The van der Waals surface area contributed by atoms with Gasteiger partial charge in [0, 0.05) is 28.7 Å². The summed E-state index contributed by atoms with van der Waals surface area (Å²) in [5.74, 6) is -0.907. The highest BCUT2D eigenvalue weighted by Crippen LogP contribution is 2.24. The molecule has 0 aliphatic rings. The molecule has 1 aromatic carbocycles. The van der Waals surface area contributed by atoms with Gasteiger partial charge >= 0.3 is 5.91 Å². The van der Waals surface area contributed by atoms with E-state index in [1.54, 1.807) is 19.1 Å². The van der Waals surface area contributed by atoms with Crippen LogP contribution in [0.5, 0.6) is 0 Å². The first-order valence-electron chi connectivity index (χ1n) is 8.12. The molecule has 2 aromatic heterocycles. The van der Waals surface area contributed by atoms with Crippen LogP contribution in [-0.4, -0.2) is 17.6 Å². The number of ketones is 1. The second kappa shape index (κ2) is 7.53. The Morgan fingerprint density at radius 1 is 1.00 bits per heavy atom. The summed E-state index contributed by atoms with van der Waals surface area (Å²) in [6.07, 6.45) is 0.0838. The normalized spacial score (nSPS) is 10.7. The summed E-state index contributed by atoms with van der Waals surface area (Å²) in [7, 11) is 0. The minimum Gasteiger partial charge on any atom is -0.451 e. The molecule has 134 valence electrons. The van der Waals surface area contributed by atoms with Crippen molar-refractivity contribution in [2.75, 3.05) is 0 Å². The third-order valence-electron chi connectivity index (χ3n) is 3.96. The molecule has 2 N–H and O–H groups in total. The van der Waals surface area contributed by atoms with E-state index in [1.807, 2.05) is 31.2 Å². The molecule has 7 heteroatoms.